The molecule has 0 amide bonds. The van der Waals surface area contributed by atoms with Gasteiger partial charge in [-0.25, -0.2) is 4.68 Å². The van der Waals surface area contributed by atoms with E-state index in [0.29, 0.717) is 32.0 Å². The molecule has 0 fully saturated rings. The minimum atomic E-state index is 0.321. The molecule has 4 nitrogen and oxygen atoms in total. The third-order valence-electron chi connectivity index (χ3n) is 3.92. The molecule has 1 aliphatic carbocycles. The molecule has 1 heterocycles. The summed E-state index contributed by atoms with van der Waals surface area (Å²) < 4.78 is 7.71. The van der Waals surface area contributed by atoms with E-state index in [1.807, 2.05) is 22.9 Å². The molecule has 2 aromatic rings. The molecule has 0 saturated heterocycles. The van der Waals surface area contributed by atoms with Gasteiger partial charge in [0.1, 0.15) is 12.5 Å². The van der Waals surface area contributed by atoms with Crippen molar-refractivity contribution in [3.63, 3.8) is 0 Å². The molecule has 4 heteroatoms. The lowest BCUT2D eigenvalue weighted by atomic mass is 9.94. The molecule has 1 aliphatic rings. The zero-order chi connectivity index (χ0) is 14.7. The molecular formula is C17H20N2O2. The Morgan fingerprint density at radius 1 is 1.24 bits per heavy atom. The molecule has 0 aliphatic heterocycles. The van der Waals surface area contributed by atoms with Crippen LogP contribution in [0.2, 0.25) is 0 Å². The van der Waals surface area contributed by atoms with E-state index in [0.717, 1.165) is 29.7 Å². The van der Waals surface area contributed by atoms with Crippen molar-refractivity contribution in [3.05, 3.63) is 52.8 Å². The van der Waals surface area contributed by atoms with Gasteiger partial charge in [-0.05, 0) is 18.4 Å². The SMILES string of the molecule is CCc1nn(COCc2ccccc2)c2c1CC(=O)CC2. The Morgan fingerprint density at radius 2 is 2.05 bits per heavy atom. The van der Waals surface area contributed by atoms with Crippen LogP contribution < -0.4 is 0 Å². The molecule has 110 valence electrons. The quantitative estimate of drug-likeness (QED) is 0.848. The molecular weight excluding hydrogens is 264 g/mol. The fourth-order valence-electron chi connectivity index (χ4n) is 2.83. The number of hydrogen-bond donors (Lipinski definition) is 0. The standard InChI is InChI=1S/C17H20N2O2/c1-2-16-15-10-14(20)8-9-17(15)19(18-16)12-21-11-13-6-4-3-5-7-13/h3-7H,2,8-12H2,1H3. The van der Waals surface area contributed by atoms with Crippen molar-refractivity contribution in [2.75, 3.05) is 0 Å². The van der Waals surface area contributed by atoms with Gasteiger partial charge in [-0.2, -0.15) is 5.10 Å². The van der Waals surface area contributed by atoms with E-state index in [1.165, 1.54) is 5.69 Å². The van der Waals surface area contributed by atoms with Crippen LogP contribution in [0.1, 0.15) is 35.9 Å². The molecule has 0 N–H and O–H groups in total. The van der Waals surface area contributed by atoms with E-state index >= 15 is 0 Å². The average Bonchev–Trinajstić information content (AvgIpc) is 2.85. The number of nitrogens with zero attached hydrogens (tertiary/aromatic N) is 2. The molecule has 0 atom stereocenters. The van der Waals surface area contributed by atoms with Gasteiger partial charge in [-0.3, -0.25) is 4.79 Å². The van der Waals surface area contributed by atoms with Gasteiger partial charge in [-0.15, -0.1) is 0 Å². The lowest BCUT2D eigenvalue weighted by Gasteiger charge is -2.13. The number of hydrogen-bond acceptors (Lipinski definition) is 3. The van der Waals surface area contributed by atoms with Crippen molar-refractivity contribution in [3.8, 4) is 0 Å². The highest BCUT2D eigenvalue weighted by Gasteiger charge is 2.23. The molecule has 1 aromatic heterocycles. The molecule has 0 bridgehead atoms. The number of ether oxygens (including phenoxy) is 1. The van der Waals surface area contributed by atoms with Gasteiger partial charge in [0.25, 0.3) is 0 Å². The predicted octanol–water partition coefficient (Wildman–Crippen LogP) is 2.68. The van der Waals surface area contributed by atoms with Crippen molar-refractivity contribution in [1.29, 1.82) is 0 Å². The third kappa shape index (κ3) is 3.05. The van der Waals surface area contributed by atoms with E-state index in [-0.39, 0.29) is 0 Å². The average molecular weight is 284 g/mol. The number of fused-ring (bicyclic) bond motifs is 1. The lowest BCUT2D eigenvalue weighted by Crippen LogP contribution is -2.17. The maximum atomic E-state index is 11.6. The summed E-state index contributed by atoms with van der Waals surface area (Å²) in [5.74, 6) is 0.321. The second-order valence-corrected chi connectivity index (χ2v) is 5.40. The minimum absolute atomic E-state index is 0.321. The first-order valence-electron chi connectivity index (χ1n) is 7.48. The number of aryl methyl sites for hydroxylation is 1. The highest BCUT2D eigenvalue weighted by atomic mass is 16.5. The van der Waals surface area contributed by atoms with Crippen molar-refractivity contribution < 1.29 is 9.53 Å². The topological polar surface area (TPSA) is 44.1 Å². The monoisotopic (exact) mass is 284 g/mol. The summed E-state index contributed by atoms with van der Waals surface area (Å²) in [6.07, 6.45) is 2.81. The fraction of sp³-hybridized carbons (Fsp3) is 0.412. The first-order chi connectivity index (χ1) is 10.3. The largest absolute Gasteiger partial charge is 0.355 e. The van der Waals surface area contributed by atoms with Crippen LogP contribution in [0.25, 0.3) is 0 Å². The van der Waals surface area contributed by atoms with E-state index in [2.05, 4.69) is 24.2 Å². The van der Waals surface area contributed by atoms with Crippen LogP contribution in [0.4, 0.5) is 0 Å². The highest BCUT2D eigenvalue weighted by molar-refractivity contribution is 5.83. The second kappa shape index (κ2) is 6.22. The van der Waals surface area contributed by atoms with Crippen LogP contribution in [0.5, 0.6) is 0 Å². The predicted molar refractivity (Wildman–Crippen MR) is 79.9 cm³/mol. The Bertz CT molecular complexity index is 632. The van der Waals surface area contributed by atoms with Gasteiger partial charge < -0.3 is 4.74 Å². The van der Waals surface area contributed by atoms with Crippen LogP contribution in [0, 0.1) is 0 Å². The number of aromatic nitrogens is 2. The Hall–Kier alpha value is -1.94. The van der Waals surface area contributed by atoms with Crippen molar-refractivity contribution >= 4 is 5.78 Å². The summed E-state index contributed by atoms with van der Waals surface area (Å²) in [5, 5.41) is 4.62. The number of carbonyl (C=O) groups excluding carboxylic acids is 1. The Balaban J connectivity index is 1.70. The molecule has 21 heavy (non-hydrogen) atoms. The fourth-order valence-corrected chi connectivity index (χ4v) is 2.83. The van der Waals surface area contributed by atoms with Gasteiger partial charge in [0.2, 0.25) is 0 Å². The van der Waals surface area contributed by atoms with Crippen LogP contribution in [-0.4, -0.2) is 15.6 Å². The van der Waals surface area contributed by atoms with E-state index in [4.69, 9.17) is 4.74 Å². The Morgan fingerprint density at radius 3 is 2.81 bits per heavy atom. The van der Waals surface area contributed by atoms with Crippen LogP contribution in [0.15, 0.2) is 30.3 Å². The maximum absolute atomic E-state index is 11.6. The number of benzene rings is 1. The third-order valence-corrected chi connectivity index (χ3v) is 3.92. The number of Topliss-reactive ketones (excluding diaryl/α,β-unsaturated/α-hetero) is 1. The van der Waals surface area contributed by atoms with Gasteiger partial charge in [0.15, 0.2) is 0 Å². The summed E-state index contributed by atoms with van der Waals surface area (Å²) in [5.41, 5.74) is 4.52. The lowest BCUT2D eigenvalue weighted by molar-refractivity contribution is -0.118. The summed E-state index contributed by atoms with van der Waals surface area (Å²) >= 11 is 0. The van der Waals surface area contributed by atoms with Crippen molar-refractivity contribution in [2.45, 2.75) is 45.9 Å². The van der Waals surface area contributed by atoms with Gasteiger partial charge in [0.05, 0.1) is 12.3 Å². The van der Waals surface area contributed by atoms with Crippen molar-refractivity contribution in [2.24, 2.45) is 0 Å². The normalized spacial score (nSPS) is 14.2. The second-order valence-electron chi connectivity index (χ2n) is 5.40. The first kappa shape index (κ1) is 14.0. The molecule has 0 radical (unpaired) electrons. The van der Waals surface area contributed by atoms with E-state index < -0.39 is 0 Å². The summed E-state index contributed by atoms with van der Waals surface area (Å²) in [4.78, 5) is 11.6. The Kier molecular flexibility index (Phi) is 4.15. The van der Waals surface area contributed by atoms with E-state index in [1.54, 1.807) is 0 Å². The number of ketones is 1. The van der Waals surface area contributed by atoms with Crippen molar-refractivity contribution in [1.82, 2.24) is 9.78 Å². The molecule has 0 saturated carbocycles. The highest BCUT2D eigenvalue weighted by Crippen LogP contribution is 2.23. The molecule has 0 unspecified atom stereocenters. The Labute approximate surface area is 124 Å². The molecule has 3 rings (SSSR count). The molecule has 0 spiro atoms. The number of rotatable bonds is 5. The first-order valence-corrected chi connectivity index (χ1v) is 7.48. The van der Waals surface area contributed by atoms with Gasteiger partial charge in [-0.1, -0.05) is 37.3 Å². The minimum Gasteiger partial charge on any atom is -0.355 e. The van der Waals surface area contributed by atoms with E-state index in [9.17, 15) is 4.79 Å². The summed E-state index contributed by atoms with van der Waals surface area (Å²) in [6, 6.07) is 10.1. The van der Waals surface area contributed by atoms with Gasteiger partial charge >= 0.3 is 0 Å². The van der Waals surface area contributed by atoms with Crippen LogP contribution in [-0.2, 0) is 42.1 Å². The summed E-state index contributed by atoms with van der Waals surface area (Å²) in [6.45, 7) is 3.11. The zero-order valence-electron chi connectivity index (χ0n) is 12.3. The van der Waals surface area contributed by atoms with Crippen LogP contribution >= 0.6 is 0 Å². The molecule has 1 aromatic carbocycles. The maximum Gasteiger partial charge on any atom is 0.140 e. The summed E-state index contributed by atoms with van der Waals surface area (Å²) in [7, 11) is 0. The zero-order valence-corrected chi connectivity index (χ0v) is 12.3. The van der Waals surface area contributed by atoms with Gasteiger partial charge in [0, 0.05) is 24.1 Å². The van der Waals surface area contributed by atoms with Crippen LogP contribution in [0.3, 0.4) is 0 Å². The smallest absolute Gasteiger partial charge is 0.140 e. The number of carbonyl (C=O) groups is 1.